The van der Waals surface area contributed by atoms with Gasteiger partial charge in [0.25, 0.3) is 5.91 Å². The van der Waals surface area contributed by atoms with E-state index in [1.807, 2.05) is 0 Å². The van der Waals surface area contributed by atoms with Crippen LogP contribution in [0.4, 0.5) is 14.9 Å². The Morgan fingerprint density at radius 1 is 1.50 bits per heavy atom. The summed E-state index contributed by atoms with van der Waals surface area (Å²) in [5.41, 5.74) is 5.84. The Hall–Kier alpha value is -2.31. The van der Waals surface area contributed by atoms with Gasteiger partial charge in [0.1, 0.15) is 5.82 Å². The lowest BCUT2D eigenvalue weighted by atomic mass is 10.1. The lowest BCUT2D eigenvalue weighted by molar-refractivity contribution is 0.0783. The number of nitrogens with two attached hydrogens (primary N) is 1. The Labute approximate surface area is 115 Å². The highest BCUT2D eigenvalue weighted by Crippen LogP contribution is 2.18. The predicted molar refractivity (Wildman–Crippen MR) is 70.7 cm³/mol. The Morgan fingerprint density at radius 3 is 2.95 bits per heavy atom. The molecule has 108 valence electrons. The molecule has 0 aliphatic carbocycles. The maximum absolute atomic E-state index is 13.6. The Morgan fingerprint density at radius 2 is 2.25 bits per heavy atom. The highest BCUT2D eigenvalue weighted by molar-refractivity contribution is 5.95. The first-order chi connectivity index (χ1) is 9.51. The third-order valence-corrected chi connectivity index (χ3v) is 3.20. The average Bonchev–Trinajstić information content (AvgIpc) is 2.89. The van der Waals surface area contributed by atoms with E-state index in [0.717, 1.165) is 0 Å². The molecule has 2 amide bonds. The summed E-state index contributed by atoms with van der Waals surface area (Å²) in [7, 11) is 1.27. The van der Waals surface area contributed by atoms with Gasteiger partial charge >= 0.3 is 6.09 Å². The summed E-state index contributed by atoms with van der Waals surface area (Å²) < 4.78 is 18.1. The van der Waals surface area contributed by atoms with Crippen LogP contribution in [-0.4, -0.2) is 43.1 Å². The van der Waals surface area contributed by atoms with Crippen LogP contribution in [0.15, 0.2) is 18.2 Å². The zero-order valence-corrected chi connectivity index (χ0v) is 11.1. The molecule has 1 aliphatic heterocycles. The Balaban J connectivity index is 2.04. The maximum Gasteiger partial charge on any atom is 0.407 e. The molecule has 1 unspecified atom stereocenters. The van der Waals surface area contributed by atoms with E-state index < -0.39 is 17.8 Å². The molecule has 3 N–H and O–H groups in total. The molecule has 0 spiro atoms. The van der Waals surface area contributed by atoms with Crippen molar-refractivity contribution in [1.29, 1.82) is 0 Å². The number of hydrogen-bond acceptors (Lipinski definition) is 4. The number of ether oxygens (including phenoxy) is 1. The Kier molecular flexibility index (Phi) is 4.07. The minimum atomic E-state index is -0.603. The van der Waals surface area contributed by atoms with Gasteiger partial charge in [0.05, 0.1) is 18.7 Å². The monoisotopic (exact) mass is 281 g/mol. The highest BCUT2D eigenvalue weighted by atomic mass is 19.1. The number of carbonyl (C=O) groups excluding carboxylic acids is 2. The number of benzene rings is 1. The molecule has 1 fully saturated rings. The number of hydrogen-bond donors (Lipinski definition) is 2. The smallest absolute Gasteiger partial charge is 0.407 e. The fraction of sp³-hybridized carbons (Fsp3) is 0.385. The number of nitrogens with one attached hydrogen (secondary N) is 1. The van der Waals surface area contributed by atoms with Gasteiger partial charge in [-0.15, -0.1) is 0 Å². The van der Waals surface area contributed by atoms with E-state index >= 15 is 0 Å². The number of nitrogens with zero attached hydrogens (tertiary/aromatic N) is 1. The van der Waals surface area contributed by atoms with E-state index in [2.05, 4.69) is 10.1 Å². The standard InChI is InChI=1S/C13H16FN3O3/c1-20-13(19)16-9-4-5-17(7-9)12(18)10-6-8(15)2-3-11(10)14/h2-3,6,9H,4-5,7,15H2,1H3,(H,16,19). The molecule has 0 bridgehead atoms. The molecule has 1 aliphatic rings. The quantitative estimate of drug-likeness (QED) is 0.791. The molecule has 1 saturated heterocycles. The van der Waals surface area contributed by atoms with Gasteiger partial charge < -0.3 is 20.7 Å². The van der Waals surface area contributed by atoms with Crippen LogP contribution in [0.1, 0.15) is 16.8 Å². The van der Waals surface area contributed by atoms with Crippen LogP contribution in [0.5, 0.6) is 0 Å². The first kappa shape index (κ1) is 14.1. The SMILES string of the molecule is COC(=O)NC1CCN(C(=O)c2cc(N)ccc2F)C1. The van der Waals surface area contributed by atoms with Crippen molar-refractivity contribution < 1.29 is 18.7 Å². The number of alkyl carbamates (subject to hydrolysis) is 1. The summed E-state index contributed by atoms with van der Waals surface area (Å²) in [4.78, 5) is 24.8. The molecule has 0 radical (unpaired) electrons. The first-order valence-corrected chi connectivity index (χ1v) is 6.20. The largest absolute Gasteiger partial charge is 0.453 e. The van der Waals surface area contributed by atoms with Crippen LogP contribution >= 0.6 is 0 Å². The maximum atomic E-state index is 13.6. The van der Waals surface area contributed by atoms with E-state index in [1.54, 1.807) is 0 Å². The second kappa shape index (κ2) is 5.77. The molecule has 1 atom stereocenters. The van der Waals surface area contributed by atoms with Crippen molar-refractivity contribution in [2.24, 2.45) is 0 Å². The molecule has 7 heteroatoms. The fourth-order valence-electron chi connectivity index (χ4n) is 2.17. The lowest BCUT2D eigenvalue weighted by Gasteiger charge is -2.17. The third kappa shape index (κ3) is 2.98. The van der Waals surface area contributed by atoms with Crippen molar-refractivity contribution in [1.82, 2.24) is 10.2 Å². The fourth-order valence-corrected chi connectivity index (χ4v) is 2.17. The number of halogens is 1. The summed E-state index contributed by atoms with van der Waals surface area (Å²) >= 11 is 0. The van der Waals surface area contributed by atoms with Crippen LogP contribution in [0, 0.1) is 5.82 Å². The van der Waals surface area contributed by atoms with Gasteiger partial charge in [0, 0.05) is 18.8 Å². The van der Waals surface area contributed by atoms with Crippen molar-refractivity contribution >= 4 is 17.7 Å². The second-order valence-corrected chi connectivity index (χ2v) is 4.61. The van der Waals surface area contributed by atoms with Crippen LogP contribution in [0.25, 0.3) is 0 Å². The summed E-state index contributed by atoms with van der Waals surface area (Å²) in [6.45, 7) is 0.768. The topological polar surface area (TPSA) is 84.7 Å². The second-order valence-electron chi connectivity index (χ2n) is 4.61. The van der Waals surface area contributed by atoms with Crippen molar-refractivity contribution in [2.45, 2.75) is 12.5 Å². The number of anilines is 1. The van der Waals surface area contributed by atoms with Crippen LogP contribution in [-0.2, 0) is 4.74 Å². The molecule has 1 aromatic carbocycles. The van der Waals surface area contributed by atoms with E-state index in [0.29, 0.717) is 25.2 Å². The van der Waals surface area contributed by atoms with Gasteiger partial charge in [0.15, 0.2) is 0 Å². The van der Waals surface area contributed by atoms with E-state index in [9.17, 15) is 14.0 Å². The van der Waals surface area contributed by atoms with Crippen LogP contribution in [0.2, 0.25) is 0 Å². The van der Waals surface area contributed by atoms with Gasteiger partial charge in [0.2, 0.25) is 0 Å². The van der Waals surface area contributed by atoms with Crippen molar-refractivity contribution in [3.05, 3.63) is 29.6 Å². The Bertz CT molecular complexity index is 536. The van der Waals surface area contributed by atoms with Crippen molar-refractivity contribution in [3.8, 4) is 0 Å². The van der Waals surface area contributed by atoms with Gasteiger partial charge in [-0.2, -0.15) is 0 Å². The normalized spacial score (nSPS) is 17.9. The van der Waals surface area contributed by atoms with Crippen LogP contribution < -0.4 is 11.1 Å². The molecule has 0 aromatic heterocycles. The number of carbonyl (C=O) groups is 2. The van der Waals surface area contributed by atoms with Gasteiger partial charge in [-0.1, -0.05) is 0 Å². The van der Waals surface area contributed by atoms with E-state index in [-0.39, 0.29) is 11.6 Å². The van der Waals surface area contributed by atoms with Gasteiger partial charge in [-0.05, 0) is 24.6 Å². The number of nitrogen functional groups attached to an aromatic ring is 1. The summed E-state index contributed by atoms with van der Waals surface area (Å²) in [5, 5.41) is 2.62. The summed E-state index contributed by atoms with van der Waals surface area (Å²) in [5.74, 6) is -1.03. The molecule has 1 heterocycles. The molecule has 1 aromatic rings. The molecule has 2 rings (SSSR count). The number of methoxy groups -OCH3 is 1. The molecular formula is C13H16FN3O3. The third-order valence-electron chi connectivity index (χ3n) is 3.20. The predicted octanol–water partition coefficient (Wildman–Crippen LogP) is 0.978. The minimum absolute atomic E-state index is 0.0521. The van der Waals surface area contributed by atoms with E-state index in [4.69, 9.17) is 5.73 Å². The zero-order valence-electron chi connectivity index (χ0n) is 11.1. The lowest BCUT2D eigenvalue weighted by Crippen LogP contribution is -2.38. The van der Waals surface area contributed by atoms with Gasteiger partial charge in [-0.25, -0.2) is 9.18 Å². The number of amides is 2. The van der Waals surface area contributed by atoms with Crippen LogP contribution in [0.3, 0.4) is 0 Å². The van der Waals surface area contributed by atoms with Gasteiger partial charge in [-0.3, -0.25) is 4.79 Å². The molecule has 6 nitrogen and oxygen atoms in total. The zero-order chi connectivity index (χ0) is 14.7. The molecule has 0 saturated carbocycles. The first-order valence-electron chi connectivity index (χ1n) is 6.20. The number of likely N-dealkylation sites (tertiary alicyclic amines) is 1. The summed E-state index contributed by atoms with van der Waals surface area (Å²) in [6, 6.07) is 3.70. The highest BCUT2D eigenvalue weighted by Gasteiger charge is 2.29. The van der Waals surface area contributed by atoms with Crippen molar-refractivity contribution in [2.75, 3.05) is 25.9 Å². The van der Waals surface area contributed by atoms with Crippen molar-refractivity contribution in [3.63, 3.8) is 0 Å². The summed E-state index contributed by atoms with van der Waals surface area (Å²) in [6.07, 6.45) is 0.0598. The molecular weight excluding hydrogens is 265 g/mol. The molecule has 20 heavy (non-hydrogen) atoms. The average molecular weight is 281 g/mol. The number of rotatable bonds is 2. The van der Waals surface area contributed by atoms with E-state index in [1.165, 1.54) is 30.2 Å². The minimum Gasteiger partial charge on any atom is -0.453 e.